The van der Waals surface area contributed by atoms with Crippen molar-refractivity contribution in [1.82, 2.24) is 25.9 Å². The number of halogens is 1. The van der Waals surface area contributed by atoms with Gasteiger partial charge in [-0.05, 0) is 24.7 Å². The lowest BCUT2D eigenvalue weighted by Crippen LogP contribution is -2.34. The molecule has 0 saturated carbocycles. The van der Waals surface area contributed by atoms with Gasteiger partial charge in [0.05, 0.1) is 0 Å². The molecule has 2 amide bonds. The Morgan fingerprint density at radius 3 is 2.12 bits per heavy atom. The molecule has 2 rings (SSSR count). The van der Waals surface area contributed by atoms with E-state index in [9.17, 15) is 14.0 Å². The van der Waals surface area contributed by atoms with Crippen molar-refractivity contribution in [3.05, 3.63) is 59.4 Å². The first-order chi connectivity index (χ1) is 11.6. The summed E-state index contributed by atoms with van der Waals surface area (Å²) in [4.78, 5) is 32.2. The first-order valence-corrected chi connectivity index (χ1v) is 7.38. The number of likely N-dealkylation sites (N-methyl/N-ethyl adjacent to an activating group) is 1. The fourth-order valence-corrected chi connectivity index (χ4v) is 1.92. The number of amides is 2. The van der Waals surface area contributed by atoms with Crippen LogP contribution in [0.2, 0.25) is 0 Å². The van der Waals surface area contributed by atoms with Crippen LogP contribution in [0, 0.1) is 5.82 Å². The molecular formula is C16H18FN5O2. The summed E-state index contributed by atoms with van der Waals surface area (Å²) in [5.41, 5.74) is 0.639. The molecule has 0 radical (unpaired) electrons. The minimum Gasteiger partial charge on any atom is -0.349 e. The first-order valence-electron chi connectivity index (χ1n) is 7.38. The fourth-order valence-electron chi connectivity index (χ4n) is 1.92. The maximum Gasteiger partial charge on any atom is 0.272 e. The summed E-state index contributed by atoms with van der Waals surface area (Å²) in [6.07, 6.45) is 2.70. The average Bonchev–Trinajstić information content (AvgIpc) is 2.61. The van der Waals surface area contributed by atoms with Gasteiger partial charge in [-0.25, -0.2) is 14.4 Å². The zero-order valence-electron chi connectivity index (χ0n) is 13.2. The predicted octanol–water partition coefficient (Wildman–Crippen LogP) is 0.495. The molecule has 1 aromatic heterocycles. The summed E-state index contributed by atoms with van der Waals surface area (Å²) < 4.78 is 12.9. The molecule has 0 spiro atoms. The van der Waals surface area contributed by atoms with E-state index in [1.54, 1.807) is 19.2 Å². The van der Waals surface area contributed by atoms with E-state index in [4.69, 9.17) is 0 Å². The zero-order valence-corrected chi connectivity index (χ0v) is 13.2. The Hall–Kier alpha value is -2.87. The van der Waals surface area contributed by atoms with E-state index in [1.807, 2.05) is 0 Å². The Morgan fingerprint density at radius 2 is 1.54 bits per heavy atom. The second kappa shape index (κ2) is 8.68. The van der Waals surface area contributed by atoms with Crippen molar-refractivity contribution in [2.45, 2.75) is 6.54 Å². The first kappa shape index (κ1) is 17.5. The highest BCUT2D eigenvalue weighted by atomic mass is 19.1. The third-order valence-corrected chi connectivity index (χ3v) is 3.16. The van der Waals surface area contributed by atoms with Gasteiger partial charge in [0.25, 0.3) is 11.8 Å². The van der Waals surface area contributed by atoms with Crippen molar-refractivity contribution in [3.8, 4) is 0 Å². The van der Waals surface area contributed by atoms with Gasteiger partial charge in [0.15, 0.2) is 11.4 Å². The van der Waals surface area contributed by atoms with Crippen LogP contribution in [0.5, 0.6) is 0 Å². The largest absolute Gasteiger partial charge is 0.349 e. The number of aromatic nitrogens is 2. The second-order valence-corrected chi connectivity index (χ2v) is 4.92. The molecule has 2 aromatic rings. The monoisotopic (exact) mass is 331 g/mol. The molecule has 0 unspecified atom stereocenters. The third kappa shape index (κ3) is 4.82. The quantitative estimate of drug-likeness (QED) is 0.642. The molecule has 8 heteroatoms. The number of hydrogen-bond acceptors (Lipinski definition) is 5. The van der Waals surface area contributed by atoms with Crippen LogP contribution in [0.15, 0.2) is 36.7 Å². The standard InChI is InChI=1S/C16H18FN5O2/c1-18-6-7-21-15(23)13-14(20-9-8-19-13)16(24)22-10-11-2-4-12(17)5-3-11/h2-5,8-9,18H,6-7,10H2,1H3,(H,21,23)(H,22,24). The van der Waals surface area contributed by atoms with Crippen molar-refractivity contribution >= 4 is 11.8 Å². The molecule has 126 valence electrons. The number of benzene rings is 1. The SMILES string of the molecule is CNCCNC(=O)c1nccnc1C(=O)NCc1ccc(F)cc1. The Labute approximate surface area is 138 Å². The van der Waals surface area contributed by atoms with Crippen LogP contribution in [0.3, 0.4) is 0 Å². The zero-order chi connectivity index (χ0) is 17.4. The van der Waals surface area contributed by atoms with Crippen molar-refractivity contribution in [2.75, 3.05) is 20.1 Å². The third-order valence-electron chi connectivity index (χ3n) is 3.16. The number of carbonyl (C=O) groups excluding carboxylic acids is 2. The van der Waals surface area contributed by atoms with Gasteiger partial charge in [-0.2, -0.15) is 0 Å². The number of nitrogens with zero attached hydrogens (tertiary/aromatic N) is 2. The number of hydrogen-bond donors (Lipinski definition) is 3. The fraction of sp³-hybridized carbons (Fsp3) is 0.250. The lowest BCUT2D eigenvalue weighted by atomic mass is 10.2. The highest BCUT2D eigenvalue weighted by Crippen LogP contribution is 2.05. The minimum absolute atomic E-state index is 0.0368. The van der Waals surface area contributed by atoms with Crippen LogP contribution in [0.4, 0.5) is 4.39 Å². The van der Waals surface area contributed by atoms with Crippen LogP contribution >= 0.6 is 0 Å². The predicted molar refractivity (Wildman–Crippen MR) is 85.9 cm³/mol. The maximum absolute atomic E-state index is 12.9. The molecule has 1 heterocycles. The Bertz CT molecular complexity index is 706. The van der Waals surface area contributed by atoms with E-state index >= 15 is 0 Å². The summed E-state index contributed by atoms with van der Waals surface area (Å²) in [5.74, 6) is -1.34. The van der Waals surface area contributed by atoms with E-state index < -0.39 is 11.8 Å². The molecule has 1 aromatic carbocycles. The summed E-state index contributed by atoms with van der Waals surface area (Å²) in [6, 6.07) is 5.75. The van der Waals surface area contributed by atoms with Gasteiger partial charge in [-0.15, -0.1) is 0 Å². The summed E-state index contributed by atoms with van der Waals surface area (Å²) >= 11 is 0. The van der Waals surface area contributed by atoms with E-state index in [2.05, 4.69) is 25.9 Å². The Morgan fingerprint density at radius 1 is 0.958 bits per heavy atom. The lowest BCUT2D eigenvalue weighted by molar-refractivity contribution is 0.0910. The molecule has 0 saturated heterocycles. The number of rotatable bonds is 7. The lowest BCUT2D eigenvalue weighted by Gasteiger charge is -2.09. The van der Waals surface area contributed by atoms with Crippen molar-refractivity contribution in [3.63, 3.8) is 0 Å². The van der Waals surface area contributed by atoms with Gasteiger partial charge in [0.1, 0.15) is 5.82 Å². The van der Waals surface area contributed by atoms with Crippen LogP contribution in [0.25, 0.3) is 0 Å². The van der Waals surface area contributed by atoms with Crippen molar-refractivity contribution < 1.29 is 14.0 Å². The van der Waals surface area contributed by atoms with Gasteiger partial charge < -0.3 is 16.0 Å². The van der Waals surface area contributed by atoms with Crippen LogP contribution in [-0.4, -0.2) is 41.9 Å². The Kier molecular flexibility index (Phi) is 6.32. The molecular weight excluding hydrogens is 313 g/mol. The van der Waals surface area contributed by atoms with E-state index in [0.29, 0.717) is 13.1 Å². The molecule has 0 bridgehead atoms. The molecule has 0 atom stereocenters. The van der Waals surface area contributed by atoms with E-state index in [1.165, 1.54) is 24.5 Å². The highest BCUT2D eigenvalue weighted by Gasteiger charge is 2.19. The van der Waals surface area contributed by atoms with Gasteiger partial charge in [0, 0.05) is 32.0 Å². The number of nitrogens with one attached hydrogen (secondary N) is 3. The highest BCUT2D eigenvalue weighted by molar-refractivity contribution is 6.04. The van der Waals surface area contributed by atoms with Gasteiger partial charge in [-0.3, -0.25) is 9.59 Å². The summed E-state index contributed by atoms with van der Waals surface area (Å²) in [7, 11) is 1.77. The van der Waals surface area contributed by atoms with Crippen LogP contribution in [-0.2, 0) is 6.54 Å². The molecule has 3 N–H and O–H groups in total. The average molecular weight is 331 g/mol. The van der Waals surface area contributed by atoms with Crippen LogP contribution in [0.1, 0.15) is 26.5 Å². The normalized spacial score (nSPS) is 10.2. The summed E-state index contributed by atoms with van der Waals surface area (Å²) in [6.45, 7) is 1.19. The molecule has 24 heavy (non-hydrogen) atoms. The van der Waals surface area contributed by atoms with E-state index in [0.717, 1.165) is 5.56 Å². The Balaban J connectivity index is 2.03. The van der Waals surface area contributed by atoms with E-state index in [-0.39, 0.29) is 23.7 Å². The second-order valence-electron chi connectivity index (χ2n) is 4.92. The molecule has 0 aliphatic rings. The van der Waals surface area contributed by atoms with Gasteiger partial charge in [0.2, 0.25) is 0 Å². The molecule has 0 fully saturated rings. The van der Waals surface area contributed by atoms with Crippen LogP contribution < -0.4 is 16.0 Å². The van der Waals surface area contributed by atoms with Gasteiger partial charge in [-0.1, -0.05) is 12.1 Å². The number of carbonyl (C=O) groups is 2. The molecule has 0 aliphatic carbocycles. The molecule has 0 aliphatic heterocycles. The topological polar surface area (TPSA) is 96.0 Å². The minimum atomic E-state index is -0.522. The maximum atomic E-state index is 12.9. The summed E-state index contributed by atoms with van der Waals surface area (Å²) in [5, 5.41) is 8.19. The van der Waals surface area contributed by atoms with Gasteiger partial charge >= 0.3 is 0 Å². The molecule has 7 nitrogen and oxygen atoms in total. The van der Waals surface area contributed by atoms with Crippen molar-refractivity contribution in [1.29, 1.82) is 0 Å². The smallest absolute Gasteiger partial charge is 0.272 e. The van der Waals surface area contributed by atoms with Crippen molar-refractivity contribution in [2.24, 2.45) is 0 Å².